The van der Waals surface area contributed by atoms with Crippen molar-refractivity contribution < 1.29 is 9.53 Å². The lowest BCUT2D eigenvalue weighted by atomic mass is 10.1. The summed E-state index contributed by atoms with van der Waals surface area (Å²) in [6.45, 7) is 4.69. The van der Waals surface area contributed by atoms with Crippen molar-refractivity contribution in [1.82, 2.24) is 9.88 Å². The molecule has 1 aliphatic heterocycles. The number of rotatable bonds is 6. The van der Waals surface area contributed by atoms with Gasteiger partial charge in [-0.15, -0.1) is 24.2 Å². The third-order valence-electron chi connectivity index (χ3n) is 5.80. The first-order valence-electron chi connectivity index (χ1n) is 10.8. The summed E-state index contributed by atoms with van der Waals surface area (Å²) in [6.07, 6.45) is 2.07. The summed E-state index contributed by atoms with van der Waals surface area (Å²) in [7, 11) is 0. The molecule has 2 heterocycles. The van der Waals surface area contributed by atoms with Crippen LogP contribution in [0.4, 0.5) is 5.13 Å². The maximum atomic E-state index is 13.7. The molecule has 1 aliphatic rings. The van der Waals surface area contributed by atoms with E-state index in [1.807, 2.05) is 47.4 Å². The number of amides is 1. The molecule has 0 spiro atoms. The van der Waals surface area contributed by atoms with Crippen LogP contribution in [0.15, 0.2) is 65.6 Å². The number of anilines is 1. The van der Waals surface area contributed by atoms with Crippen molar-refractivity contribution in [1.29, 1.82) is 0 Å². The average Bonchev–Trinajstić information content (AvgIpc) is 3.27. The molecule has 1 saturated heterocycles. The first-order valence-corrected chi connectivity index (χ1v) is 12.8. The highest BCUT2D eigenvalue weighted by molar-refractivity contribution is 7.98. The van der Waals surface area contributed by atoms with Gasteiger partial charge in [0.05, 0.1) is 23.4 Å². The summed E-state index contributed by atoms with van der Waals surface area (Å²) in [5.74, 6) is -0.00633. The van der Waals surface area contributed by atoms with Crippen LogP contribution in [-0.4, -0.2) is 61.4 Å². The molecule has 0 saturated carbocycles. The van der Waals surface area contributed by atoms with E-state index in [0.29, 0.717) is 12.1 Å². The van der Waals surface area contributed by atoms with Gasteiger partial charge in [-0.2, -0.15) is 0 Å². The Hall–Kier alpha value is -2.16. The van der Waals surface area contributed by atoms with E-state index in [2.05, 4.69) is 29.4 Å². The predicted octanol–water partition coefficient (Wildman–Crippen LogP) is 5.57. The Morgan fingerprint density at radius 1 is 1.09 bits per heavy atom. The molecule has 0 atom stereocenters. The van der Waals surface area contributed by atoms with Crippen LogP contribution in [0.1, 0.15) is 10.4 Å². The summed E-state index contributed by atoms with van der Waals surface area (Å²) in [4.78, 5) is 23.9. The normalized spacial score (nSPS) is 14.3. The van der Waals surface area contributed by atoms with Gasteiger partial charge in [-0.25, -0.2) is 4.98 Å². The van der Waals surface area contributed by atoms with E-state index in [0.717, 1.165) is 59.0 Å². The van der Waals surface area contributed by atoms with Crippen LogP contribution >= 0.6 is 35.5 Å². The number of carbonyl (C=O) groups excluding carboxylic acids is 1. The third-order valence-corrected chi connectivity index (χ3v) is 7.57. The molecule has 3 aromatic carbocycles. The Bertz CT molecular complexity index is 1260. The summed E-state index contributed by atoms with van der Waals surface area (Å²) in [5, 5.41) is 2.96. The van der Waals surface area contributed by atoms with Crippen molar-refractivity contribution in [2.75, 3.05) is 50.5 Å². The van der Waals surface area contributed by atoms with Crippen LogP contribution < -0.4 is 4.90 Å². The van der Waals surface area contributed by atoms with Gasteiger partial charge in [0.15, 0.2) is 5.13 Å². The zero-order chi connectivity index (χ0) is 21.9. The Kier molecular flexibility index (Phi) is 7.88. The standard InChI is InChI=1S/C25H25N3O2S2.ClH/c1-31-21-8-9-22-23(17-21)32-25(26-22)28(11-10-27-12-14-30-15-13-27)24(29)20-7-6-18-4-2-3-5-19(18)16-20;/h2-9,16-17H,10-15H2,1H3;1H. The number of hydrogen-bond acceptors (Lipinski definition) is 6. The molecule has 5 rings (SSSR count). The SMILES string of the molecule is CSc1ccc2nc(N(CCN3CCOCC3)C(=O)c3ccc4ccccc4c3)sc2c1.Cl. The van der Waals surface area contributed by atoms with E-state index < -0.39 is 0 Å². The summed E-state index contributed by atoms with van der Waals surface area (Å²) >= 11 is 3.30. The number of halogens is 1. The number of thioether (sulfide) groups is 1. The Morgan fingerprint density at radius 3 is 2.67 bits per heavy atom. The van der Waals surface area contributed by atoms with E-state index in [1.54, 1.807) is 23.1 Å². The van der Waals surface area contributed by atoms with Crippen LogP contribution in [0, 0.1) is 0 Å². The van der Waals surface area contributed by atoms with E-state index in [9.17, 15) is 4.79 Å². The highest BCUT2D eigenvalue weighted by atomic mass is 35.5. The molecule has 0 unspecified atom stereocenters. The number of hydrogen-bond donors (Lipinski definition) is 0. The second-order valence-corrected chi connectivity index (χ2v) is 9.69. The fourth-order valence-corrected chi connectivity index (χ4v) is 5.51. The molecule has 33 heavy (non-hydrogen) atoms. The van der Waals surface area contributed by atoms with Crippen LogP contribution in [0.25, 0.3) is 21.0 Å². The molecule has 0 radical (unpaired) electrons. The number of benzene rings is 3. The number of morpholine rings is 1. The van der Waals surface area contributed by atoms with Gasteiger partial charge in [0.2, 0.25) is 0 Å². The Morgan fingerprint density at radius 2 is 1.88 bits per heavy atom. The van der Waals surface area contributed by atoms with Crippen molar-refractivity contribution in [2.45, 2.75) is 4.90 Å². The lowest BCUT2D eigenvalue weighted by Gasteiger charge is -2.29. The van der Waals surface area contributed by atoms with Crippen molar-refractivity contribution in [3.63, 3.8) is 0 Å². The van der Waals surface area contributed by atoms with Crippen molar-refractivity contribution >= 4 is 67.5 Å². The topological polar surface area (TPSA) is 45.7 Å². The summed E-state index contributed by atoms with van der Waals surface area (Å²) < 4.78 is 6.58. The van der Waals surface area contributed by atoms with Crippen molar-refractivity contribution in [2.24, 2.45) is 0 Å². The molecule has 0 aliphatic carbocycles. The molecule has 4 aromatic rings. The quantitative estimate of drug-likeness (QED) is 0.324. The number of ether oxygens (including phenoxy) is 1. The van der Waals surface area contributed by atoms with Crippen LogP contribution in [0.3, 0.4) is 0 Å². The number of nitrogens with zero attached hydrogens (tertiary/aromatic N) is 3. The van der Waals surface area contributed by atoms with E-state index in [1.165, 1.54) is 4.90 Å². The molecule has 172 valence electrons. The maximum Gasteiger partial charge on any atom is 0.260 e. The van der Waals surface area contributed by atoms with Crippen LogP contribution in [0.2, 0.25) is 0 Å². The van der Waals surface area contributed by atoms with Gasteiger partial charge in [0.25, 0.3) is 5.91 Å². The zero-order valence-corrected chi connectivity index (χ0v) is 20.8. The van der Waals surface area contributed by atoms with Gasteiger partial charge in [0, 0.05) is 36.6 Å². The molecule has 1 aromatic heterocycles. The second kappa shape index (κ2) is 10.8. The van der Waals surface area contributed by atoms with Gasteiger partial charge in [-0.1, -0.05) is 41.7 Å². The fraction of sp³-hybridized carbons (Fsp3) is 0.280. The summed E-state index contributed by atoms with van der Waals surface area (Å²) in [6, 6.07) is 20.3. The molecule has 8 heteroatoms. The van der Waals surface area contributed by atoms with Gasteiger partial charge in [-0.05, 0) is 47.4 Å². The maximum absolute atomic E-state index is 13.7. The fourth-order valence-electron chi connectivity index (χ4n) is 3.96. The highest BCUT2D eigenvalue weighted by Gasteiger charge is 2.23. The number of aromatic nitrogens is 1. The first kappa shape index (κ1) is 24.0. The zero-order valence-electron chi connectivity index (χ0n) is 18.4. The molecular weight excluding hydrogens is 474 g/mol. The minimum atomic E-state index is -0.00633. The van der Waals surface area contributed by atoms with Gasteiger partial charge >= 0.3 is 0 Å². The summed E-state index contributed by atoms with van der Waals surface area (Å²) in [5.41, 5.74) is 1.63. The molecule has 1 amide bonds. The largest absolute Gasteiger partial charge is 0.379 e. The smallest absolute Gasteiger partial charge is 0.260 e. The molecule has 0 bridgehead atoms. The Balaban J connectivity index is 0.00000259. The lowest BCUT2D eigenvalue weighted by Crippen LogP contribution is -2.43. The van der Waals surface area contributed by atoms with Crippen molar-refractivity contribution in [3.8, 4) is 0 Å². The van der Waals surface area contributed by atoms with Crippen molar-refractivity contribution in [3.05, 3.63) is 66.2 Å². The average molecular weight is 500 g/mol. The number of carbonyl (C=O) groups is 1. The Labute approximate surface area is 208 Å². The van der Waals surface area contributed by atoms with Gasteiger partial charge < -0.3 is 4.74 Å². The van der Waals surface area contributed by atoms with Gasteiger partial charge in [0.1, 0.15) is 0 Å². The lowest BCUT2D eigenvalue weighted by molar-refractivity contribution is 0.0391. The second-order valence-electron chi connectivity index (χ2n) is 7.80. The number of thiazole rings is 1. The van der Waals surface area contributed by atoms with Gasteiger partial charge in [-0.3, -0.25) is 14.6 Å². The minimum absolute atomic E-state index is 0. The molecular formula is C25H26ClN3O2S2. The first-order chi connectivity index (χ1) is 15.7. The highest BCUT2D eigenvalue weighted by Crippen LogP contribution is 2.32. The van der Waals surface area contributed by atoms with E-state index >= 15 is 0 Å². The number of fused-ring (bicyclic) bond motifs is 2. The minimum Gasteiger partial charge on any atom is -0.379 e. The van der Waals surface area contributed by atoms with E-state index in [4.69, 9.17) is 9.72 Å². The third kappa shape index (κ3) is 5.34. The molecule has 0 N–H and O–H groups in total. The molecule has 5 nitrogen and oxygen atoms in total. The monoisotopic (exact) mass is 499 g/mol. The molecule has 1 fully saturated rings. The van der Waals surface area contributed by atoms with E-state index in [-0.39, 0.29) is 18.3 Å². The van der Waals surface area contributed by atoms with Crippen LogP contribution in [0.5, 0.6) is 0 Å². The van der Waals surface area contributed by atoms with Crippen LogP contribution in [-0.2, 0) is 4.74 Å². The predicted molar refractivity (Wildman–Crippen MR) is 142 cm³/mol.